The van der Waals surface area contributed by atoms with Gasteiger partial charge in [-0.05, 0) is 45.0 Å². The Morgan fingerprint density at radius 2 is 1.90 bits per heavy atom. The molecule has 0 aliphatic heterocycles. The second kappa shape index (κ2) is 6.58. The van der Waals surface area contributed by atoms with Crippen molar-refractivity contribution in [2.75, 3.05) is 7.05 Å². The van der Waals surface area contributed by atoms with E-state index in [9.17, 15) is 0 Å². The van der Waals surface area contributed by atoms with Crippen LogP contribution in [-0.4, -0.2) is 21.8 Å². The van der Waals surface area contributed by atoms with E-state index < -0.39 is 0 Å². The molecule has 0 aliphatic carbocycles. The third kappa shape index (κ3) is 3.44. The summed E-state index contributed by atoms with van der Waals surface area (Å²) in [5, 5.41) is 8.66. The maximum Gasteiger partial charge on any atom is 0.0850 e. The van der Waals surface area contributed by atoms with Gasteiger partial charge in [0.1, 0.15) is 0 Å². The van der Waals surface area contributed by atoms with Crippen molar-refractivity contribution in [3.63, 3.8) is 0 Å². The standard InChI is InChI=1S/C16H23ClN4/c1-6-13-16(17)15(21(5)20-13)9-14(18-4)12-7-10(2)19-11(3)8-12/h7-8,14,18H,6,9H2,1-5H3. The summed E-state index contributed by atoms with van der Waals surface area (Å²) < 4.78 is 1.90. The number of nitrogens with one attached hydrogen (secondary N) is 1. The zero-order chi connectivity index (χ0) is 15.6. The molecule has 4 nitrogen and oxygen atoms in total. The number of nitrogens with zero attached hydrogens (tertiary/aromatic N) is 3. The number of halogens is 1. The topological polar surface area (TPSA) is 42.7 Å². The maximum atomic E-state index is 6.46. The Labute approximate surface area is 131 Å². The van der Waals surface area contributed by atoms with Crippen molar-refractivity contribution in [2.24, 2.45) is 7.05 Å². The molecule has 1 N–H and O–H groups in total. The lowest BCUT2D eigenvalue weighted by Gasteiger charge is -2.18. The first-order valence-corrected chi connectivity index (χ1v) is 7.66. The maximum absolute atomic E-state index is 6.46. The van der Waals surface area contributed by atoms with E-state index in [4.69, 9.17) is 11.6 Å². The smallest absolute Gasteiger partial charge is 0.0850 e. The molecule has 0 bridgehead atoms. The minimum absolute atomic E-state index is 0.197. The quantitative estimate of drug-likeness (QED) is 0.923. The minimum Gasteiger partial charge on any atom is -0.313 e. The van der Waals surface area contributed by atoms with Crippen molar-refractivity contribution in [3.05, 3.63) is 45.5 Å². The van der Waals surface area contributed by atoms with Gasteiger partial charge in [-0.15, -0.1) is 0 Å². The van der Waals surface area contributed by atoms with Crippen LogP contribution in [0, 0.1) is 13.8 Å². The number of hydrogen-bond donors (Lipinski definition) is 1. The molecule has 0 amide bonds. The summed E-state index contributed by atoms with van der Waals surface area (Å²) >= 11 is 6.46. The van der Waals surface area contributed by atoms with E-state index in [2.05, 4.69) is 34.5 Å². The van der Waals surface area contributed by atoms with Gasteiger partial charge in [-0.25, -0.2) is 0 Å². The number of aryl methyl sites for hydroxylation is 4. The molecule has 2 aromatic heterocycles. The van der Waals surface area contributed by atoms with Crippen LogP contribution < -0.4 is 5.32 Å². The highest BCUT2D eigenvalue weighted by atomic mass is 35.5. The van der Waals surface area contributed by atoms with Crippen LogP contribution in [0.25, 0.3) is 0 Å². The van der Waals surface area contributed by atoms with Crippen LogP contribution in [0.1, 0.15) is 41.3 Å². The summed E-state index contributed by atoms with van der Waals surface area (Å²) in [6.07, 6.45) is 1.66. The van der Waals surface area contributed by atoms with Gasteiger partial charge in [0.25, 0.3) is 0 Å². The molecule has 2 rings (SSSR count). The molecule has 2 aromatic rings. The highest BCUT2D eigenvalue weighted by Crippen LogP contribution is 2.26. The first kappa shape index (κ1) is 16.0. The van der Waals surface area contributed by atoms with Crippen molar-refractivity contribution in [1.82, 2.24) is 20.1 Å². The highest BCUT2D eigenvalue weighted by Gasteiger charge is 2.18. The number of pyridine rings is 1. The van der Waals surface area contributed by atoms with Crippen molar-refractivity contribution in [3.8, 4) is 0 Å². The monoisotopic (exact) mass is 306 g/mol. The van der Waals surface area contributed by atoms with Crippen LogP contribution in [0.2, 0.25) is 5.02 Å². The van der Waals surface area contributed by atoms with Gasteiger partial charge in [0, 0.05) is 30.9 Å². The number of aromatic nitrogens is 3. The fourth-order valence-corrected chi connectivity index (χ4v) is 3.06. The first-order chi connectivity index (χ1) is 9.96. The summed E-state index contributed by atoms with van der Waals surface area (Å²) in [4.78, 5) is 4.44. The summed E-state index contributed by atoms with van der Waals surface area (Å²) in [5.41, 5.74) is 5.34. The second-order valence-electron chi connectivity index (χ2n) is 5.41. The molecule has 1 atom stereocenters. The van der Waals surface area contributed by atoms with Crippen LogP contribution in [0.3, 0.4) is 0 Å². The predicted octanol–water partition coefficient (Wildman–Crippen LogP) is 3.15. The van der Waals surface area contributed by atoms with Crippen molar-refractivity contribution >= 4 is 11.6 Å². The predicted molar refractivity (Wildman–Crippen MR) is 86.8 cm³/mol. The van der Waals surface area contributed by atoms with Gasteiger partial charge in [0.2, 0.25) is 0 Å². The summed E-state index contributed by atoms with van der Waals surface area (Å²) in [5.74, 6) is 0. The fourth-order valence-electron chi connectivity index (χ4n) is 2.69. The highest BCUT2D eigenvalue weighted by molar-refractivity contribution is 6.31. The normalized spacial score (nSPS) is 12.7. The Morgan fingerprint density at radius 1 is 1.29 bits per heavy atom. The first-order valence-electron chi connectivity index (χ1n) is 7.29. The van der Waals surface area contributed by atoms with Crippen molar-refractivity contribution in [2.45, 2.75) is 39.7 Å². The van der Waals surface area contributed by atoms with Gasteiger partial charge in [-0.3, -0.25) is 9.67 Å². The Hall–Kier alpha value is -1.39. The fraction of sp³-hybridized carbons (Fsp3) is 0.500. The second-order valence-corrected chi connectivity index (χ2v) is 5.79. The van der Waals surface area contributed by atoms with Crippen LogP contribution in [-0.2, 0) is 19.9 Å². The van der Waals surface area contributed by atoms with E-state index in [1.165, 1.54) is 5.56 Å². The average molecular weight is 307 g/mol. The molecule has 0 saturated heterocycles. The molecular weight excluding hydrogens is 284 g/mol. The molecular formula is C16H23ClN4. The van der Waals surface area contributed by atoms with Gasteiger partial charge < -0.3 is 5.32 Å². The molecule has 0 fully saturated rings. The Morgan fingerprint density at radius 3 is 2.38 bits per heavy atom. The Kier molecular flexibility index (Phi) is 5.01. The zero-order valence-electron chi connectivity index (χ0n) is 13.4. The largest absolute Gasteiger partial charge is 0.313 e. The van der Waals surface area contributed by atoms with E-state index in [1.54, 1.807) is 0 Å². The van der Waals surface area contributed by atoms with E-state index in [0.29, 0.717) is 0 Å². The SMILES string of the molecule is CCc1nn(C)c(CC(NC)c2cc(C)nc(C)c2)c1Cl. The molecule has 21 heavy (non-hydrogen) atoms. The molecule has 0 aliphatic rings. The lowest BCUT2D eigenvalue weighted by atomic mass is 10.0. The van der Waals surface area contributed by atoms with Crippen molar-refractivity contribution < 1.29 is 0 Å². The van der Waals surface area contributed by atoms with Crippen LogP contribution in [0.5, 0.6) is 0 Å². The molecule has 0 spiro atoms. The van der Waals surface area contributed by atoms with Crippen LogP contribution in [0.4, 0.5) is 0 Å². The van der Waals surface area contributed by atoms with E-state index in [0.717, 1.165) is 40.6 Å². The van der Waals surface area contributed by atoms with E-state index in [1.807, 2.05) is 32.6 Å². The van der Waals surface area contributed by atoms with Gasteiger partial charge in [-0.1, -0.05) is 18.5 Å². The van der Waals surface area contributed by atoms with Crippen molar-refractivity contribution in [1.29, 1.82) is 0 Å². The Bertz CT molecular complexity index is 613. The molecule has 2 heterocycles. The molecule has 1 unspecified atom stereocenters. The Balaban J connectivity index is 2.33. The van der Waals surface area contributed by atoms with E-state index in [-0.39, 0.29) is 6.04 Å². The zero-order valence-corrected chi connectivity index (χ0v) is 14.1. The number of likely N-dealkylation sites (N-methyl/N-ethyl adjacent to an activating group) is 1. The molecule has 0 aromatic carbocycles. The summed E-state index contributed by atoms with van der Waals surface area (Å²) in [6.45, 7) is 6.12. The lowest BCUT2D eigenvalue weighted by Crippen LogP contribution is -2.20. The average Bonchev–Trinajstić information content (AvgIpc) is 2.70. The number of rotatable bonds is 5. The molecule has 114 valence electrons. The number of hydrogen-bond acceptors (Lipinski definition) is 3. The molecule has 5 heteroatoms. The molecule has 0 radical (unpaired) electrons. The van der Waals surface area contributed by atoms with Gasteiger partial charge in [0.05, 0.1) is 16.4 Å². The van der Waals surface area contributed by atoms with E-state index >= 15 is 0 Å². The van der Waals surface area contributed by atoms with Crippen LogP contribution >= 0.6 is 11.6 Å². The molecule has 0 saturated carbocycles. The lowest BCUT2D eigenvalue weighted by molar-refractivity contribution is 0.560. The third-order valence-corrected chi connectivity index (χ3v) is 4.19. The summed E-state index contributed by atoms with van der Waals surface area (Å²) in [6, 6.07) is 4.45. The third-order valence-electron chi connectivity index (χ3n) is 3.76. The van der Waals surface area contributed by atoms with Gasteiger partial charge in [-0.2, -0.15) is 5.10 Å². The van der Waals surface area contributed by atoms with Crippen LogP contribution in [0.15, 0.2) is 12.1 Å². The minimum atomic E-state index is 0.197. The summed E-state index contributed by atoms with van der Waals surface area (Å²) in [7, 11) is 3.93. The van der Waals surface area contributed by atoms with Gasteiger partial charge >= 0.3 is 0 Å². The van der Waals surface area contributed by atoms with Gasteiger partial charge in [0.15, 0.2) is 0 Å².